The molecule has 0 bridgehead atoms. The molecule has 0 unspecified atom stereocenters. The summed E-state index contributed by atoms with van der Waals surface area (Å²) in [6.45, 7) is 11.0. The maximum Gasteiger partial charge on any atom is 0.274 e. The van der Waals surface area contributed by atoms with Crippen LogP contribution < -0.4 is 5.32 Å². The number of piperazine rings is 1. The van der Waals surface area contributed by atoms with E-state index in [-0.39, 0.29) is 34.6 Å². The molecule has 1 amide bonds. The highest BCUT2D eigenvalue weighted by Gasteiger charge is 2.30. The zero-order chi connectivity index (χ0) is 18.6. The van der Waals surface area contributed by atoms with Gasteiger partial charge in [-0.25, -0.2) is 0 Å². The number of nitrogens with one attached hydrogen (secondary N) is 1. The summed E-state index contributed by atoms with van der Waals surface area (Å²) in [6, 6.07) is 6.87. The lowest BCUT2D eigenvalue weighted by Crippen LogP contribution is -2.54. The van der Waals surface area contributed by atoms with E-state index in [1.807, 2.05) is 39.8 Å². The van der Waals surface area contributed by atoms with Crippen molar-refractivity contribution in [2.75, 3.05) is 26.2 Å². The molecule has 0 aliphatic carbocycles. The van der Waals surface area contributed by atoms with Gasteiger partial charge in [0.2, 0.25) is 5.91 Å². The second kappa shape index (κ2) is 8.40. The third-order valence-electron chi connectivity index (χ3n) is 4.84. The minimum atomic E-state index is -0.319. The summed E-state index contributed by atoms with van der Waals surface area (Å²) in [7, 11) is 0. The lowest BCUT2D eigenvalue weighted by atomic mass is 10.0. The highest BCUT2D eigenvalue weighted by atomic mass is 16.6. The van der Waals surface area contributed by atoms with Crippen molar-refractivity contribution in [1.82, 2.24) is 15.1 Å². The molecule has 1 aliphatic rings. The molecule has 0 saturated carbocycles. The van der Waals surface area contributed by atoms with Crippen LogP contribution in [-0.2, 0) is 4.79 Å². The second-order valence-corrected chi connectivity index (χ2v) is 6.90. The predicted octanol–water partition coefficient (Wildman–Crippen LogP) is 2.19. The van der Waals surface area contributed by atoms with Crippen LogP contribution in [0.1, 0.15) is 39.3 Å². The largest absolute Gasteiger partial charge is 0.353 e. The maximum absolute atomic E-state index is 12.2. The lowest BCUT2D eigenvalue weighted by Gasteiger charge is -2.40. The Hall–Kier alpha value is -1.99. The quantitative estimate of drug-likeness (QED) is 0.630. The Bertz CT molecular complexity index is 612. The first-order chi connectivity index (χ1) is 11.8. The van der Waals surface area contributed by atoms with Crippen molar-refractivity contribution >= 4 is 11.6 Å². The molecule has 0 spiro atoms. The lowest BCUT2D eigenvalue weighted by molar-refractivity contribution is -0.386. The van der Waals surface area contributed by atoms with Gasteiger partial charge in [-0.2, -0.15) is 0 Å². The minimum absolute atomic E-state index is 0.0245. The fourth-order valence-corrected chi connectivity index (χ4v) is 3.29. The van der Waals surface area contributed by atoms with Gasteiger partial charge < -0.3 is 5.32 Å². The van der Waals surface area contributed by atoms with Crippen molar-refractivity contribution in [2.45, 2.75) is 45.8 Å². The molecule has 7 nitrogen and oxygen atoms in total. The standard InChI is InChI=1S/C18H28N4O3/c1-13(2)19-18(23)15(4)21-11-9-20(10-12-21)14(3)16-7-5-6-8-17(16)22(24)25/h5-8,13-15H,9-12H2,1-4H3,(H,19,23)/t14-,15-/m0/s1. The third kappa shape index (κ3) is 4.76. The normalized spacial score (nSPS) is 18.8. The van der Waals surface area contributed by atoms with Crippen molar-refractivity contribution in [3.63, 3.8) is 0 Å². The molecule has 0 aromatic heterocycles. The maximum atomic E-state index is 12.2. The van der Waals surface area contributed by atoms with E-state index in [1.165, 1.54) is 0 Å². The Kier molecular flexibility index (Phi) is 6.50. The van der Waals surface area contributed by atoms with Gasteiger partial charge in [0, 0.05) is 49.9 Å². The Labute approximate surface area is 149 Å². The first-order valence-electron chi connectivity index (χ1n) is 8.83. The summed E-state index contributed by atoms with van der Waals surface area (Å²) in [5.74, 6) is 0.0511. The molecule has 1 heterocycles. The van der Waals surface area contributed by atoms with Crippen LogP contribution in [0.3, 0.4) is 0 Å². The van der Waals surface area contributed by atoms with E-state index in [0.29, 0.717) is 0 Å². The first kappa shape index (κ1) is 19.3. The molecule has 1 aromatic carbocycles. The van der Waals surface area contributed by atoms with E-state index in [2.05, 4.69) is 15.1 Å². The van der Waals surface area contributed by atoms with Gasteiger partial charge in [0.15, 0.2) is 0 Å². The zero-order valence-corrected chi connectivity index (χ0v) is 15.4. The van der Waals surface area contributed by atoms with E-state index in [1.54, 1.807) is 12.1 Å². The number of nitro groups is 1. The number of hydrogen-bond acceptors (Lipinski definition) is 5. The van der Waals surface area contributed by atoms with E-state index in [0.717, 1.165) is 31.7 Å². The number of para-hydroxylation sites is 1. The van der Waals surface area contributed by atoms with Gasteiger partial charge >= 0.3 is 0 Å². The fourth-order valence-electron chi connectivity index (χ4n) is 3.29. The average Bonchev–Trinajstić information content (AvgIpc) is 2.60. The molecule has 138 valence electrons. The molecule has 0 radical (unpaired) electrons. The van der Waals surface area contributed by atoms with Gasteiger partial charge in [0.05, 0.1) is 11.0 Å². The number of hydrogen-bond donors (Lipinski definition) is 1. The molecule has 1 aliphatic heterocycles. The number of rotatable bonds is 6. The molecular weight excluding hydrogens is 320 g/mol. The van der Waals surface area contributed by atoms with Crippen LogP contribution in [0.15, 0.2) is 24.3 Å². The van der Waals surface area contributed by atoms with Crippen molar-refractivity contribution in [3.05, 3.63) is 39.9 Å². The number of nitro benzene ring substituents is 1. The monoisotopic (exact) mass is 348 g/mol. The highest BCUT2D eigenvalue weighted by Crippen LogP contribution is 2.29. The molecule has 2 atom stereocenters. The molecule has 1 saturated heterocycles. The van der Waals surface area contributed by atoms with Crippen LogP contribution in [0.25, 0.3) is 0 Å². The van der Waals surface area contributed by atoms with E-state index in [9.17, 15) is 14.9 Å². The van der Waals surface area contributed by atoms with Crippen molar-refractivity contribution in [1.29, 1.82) is 0 Å². The number of benzene rings is 1. The number of nitrogens with zero attached hydrogens (tertiary/aromatic N) is 3. The molecule has 25 heavy (non-hydrogen) atoms. The van der Waals surface area contributed by atoms with Gasteiger partial charge in [0.1, 0.15) is 0 Å². The van der Waals surface area contributed by atoms with Gasteiger partial charge in [-0.3, -0.25) is 24.7 Å². The smallest absolute Gasteiger partial charge is 0.274 e. The topological polar surface area (TPSA) is 78.7 Å². The second-order valence-electron chi connectivity index (χ2n) is 6.90. The Morgan fingerprint density at radius 3 is 2.20 bits per heavy atom. The van der Waals surface area contributed by atoms with Crippen molar-refractivity contribution < 1.29 is 9.72 Å². The van der Waals surface area contributed by atoms with Gasteiger partial charge in [-0.05, 0) is 27.7 Å². The van der Waals surface area contributed by atoms with E-state index < -0.39 is 0 Å². The van der Waals surface area contributed by atoms with Gasteiger partial charge in [-0.1, -0.05) is 18.2 Å². The minimum Gasteiger partial charge on any atom is -0.353 e. The van der Waals surface area contributed by atoms with Crippen molar-refractivity contribution in [2.24, 2.45) is 0 Å². The van der Waals surface area contributed by atoms with Crippen LogP contribution in [0, 0.1) is 10.1 Å². The van der Waals surface area contributed by atoms with E-state index >= 15 is 0 Å². The molecule has 1 aromatic rings. The Balaban J connectivity index is 1.98. The zero-order valence-electron chi connectivity index (χ0n) is 15.4. The first-order valence-corrected chi connectivity index (χ1v) is 8.83. The van der Waals surface area contributed by atoms with E-state index in [4.69, 9.17) is 0 Å². The molecule has 2 rings (SSSR count). The third-order valence-corrected chi connectivity index (χ3v) is 4.84. The van der Waals surface area contributed by atoms with Crippen LogP contribution >= 0.6 is 0 Å². The SMILES string of the molecule is CC(C)NC(=O)[C@H](C)N1CCN([C@@H](C)c2ccccc2[N+](=O)[O-])CC1. The number of amides is 1. The molecular formula is C18H28N4O3. The molecule has 1 fully saturated rings. The molecule has 7 heteroatoms. The van der Waals surface area contributed by atoms with Gasteiger partial charge in [-0.15, -0.1) is 0 Å². The molecule has 1 N–H and O–H groups in total. The Morgan fingerprint density at radius 1 is 1.08 bits per heavy atom. The summed E-state index contributed by atoms with van der Waals surface area (Å²) < 4.78 is 0. The number of carbonyl (C=O) groups excluding carboxylic acids is 1. The van der Waals surface area contributed by atoms with Crippen LogP contribution in [0.4, 0.5) is 5.69 Å². The highest BCUT2D eigenvalue weighted by molar-refractivity contribution is 5.81. The Morgan fingerprint density at radius 2 is 1.64 bits per heavy atom. The predicted molar refractivity (Wildman–Crippen MR) is 97.4 cm³/mol. The summed E-state index contributed by atoms with van der Waals surface area (Å²) in [6.07, 6.45) is 0. The summed E-state index contributed by atoms with van der Waals surface area (Å²) in [4.78, 5) is 27.5. The fraction of sp³-hybridized carbons (Fsp3) is 0.611. The average molecular weight is 348 g/mol. The van der Waals surface area contributed by atoms with Crippen LogP contribution in [-0.4, -0.2) is 58.9 Å². The summed E-state index contributed by atoms with van der Waals surface area (Å²) in [5, 5.41) is 14.2. The van der Waals surface area contributed by atoms with Crippen LogP contribution in [0.5, 0.6) is 0 Å². The van der Waals surface area contributed by atoms with Crippen molar-refractivity contribution in [3.8, 4) is 0 Å². The van der Waals surface area contributed by atoms with Crippen LogP contribution in [0.2, 0.25) is 0 Å². The van der Waals surface area contributed by atoms with Gasteiger partial charge in [0.25, 0.3) is 5.69 Å². The summed E-state index contributed by atoms with van der Waals surface area (Å²) >= 11 is 0. The summed E-state index contributed by atoms with van der Waals surface area (Å²) in [5.41, 5.74) is 0.911. The number of carbonyl (C=O) groups is 1.